The van der Waals surface area contributed by atoms with Gasteiger partial charge in [0.25, 0.3) is 5.62 Å². The van der Waals surface area contributed by atoms with Crippen LogP contribution in [0.2, 0.25) is 5.02 Å². The van der Waals surface area contributed by atoms with Gasteiger partial charge in [-0.1, -0.05) is 17.7 Å². The van der Waals surface area contributed by atoms with E-state index in [1.165, 1.54) is 4.52 Å². The van der Waals surface area contributed by atoms with E-state index in [-0.39, 0.29) is 17.5 Å². The standard InChI is InChI=1S/C19H19ClN8O3/c1-2-31-7-6-21-18-27-17(23-13-5-3-4-12(20)9-13)25-15-11(10-22-28(15)18)8-14-16(29)26-19(30)24-14/h3-5,8-10,29H,2,6-7H2,1H3,(H,21,23,27)(H2,24,26,30). The predicted octanol–water partition coefficient (Wildman–Crippen LogP) is 0.728. The Labute approximate surface area is 180 Å². The maximum atomic E-state index is 11.4. The Morgan fingerprint density at radius 1 is 1.35 bits per heavy atom. The highest BCUT2D eigenvalue weighted by Gasteiger charge is 2.09. The van der Waals surface area contributed by atoms with Crippen molar-refractivity contribution in [3.63, 3.8) is 0 Å². The van der Waals surface area contributed by atoms with E-state index in [9.17, 15) is 9.90 Å². The third-order valence-electron chi connectivity index (χ3n) is 4.19. The van der Waals surface area contributed by atoms with Gasteiger partial charge >= 0.3 is 5.69 Å². The average Bonchev–Trinajstić information content (AvgIpc) is 3.28. The second-order valence-electron chi connectivity index (χ2n) is 6.38. The zero-order chi connectivity index (χ0) is 21.8. The quantitative estimate of drug-likeness (QED) is 0.308. The first-order valence-electron chi connectivity index (χ1n) is 9.43. The van der Waals surface area contributed by atoms with Crippen LogP contribution >= 0.6 is 11.6 Å². The Balaban J connectivity index is 1.84. The number of halogens is 1. The first-order chi connectivity index (χ1) is 15.0. The lowest BCUT2D eigenvalue weighted by molar-refractivity contribution is 0.155. The fourth-order valence-corrected chi connectivity index (χ4v) is 3.03. The van der Waals surface area contributed by atoms with Crippen molar-refractivity contribution in [2.75, 3.05) is 25.1 Å². The molecule has 0 aliphatic carbocycles. The number of aromatic nitrogens is 6. The van der Waals surface area contributed by atoms with Crippen LogP contribution in [0.15, 0.2) is 40.2 Å². The van der Waals surface area contributed by atoms with Crippen molar-refractivity contribution < 1.29 is 9.84 Å². The molecule has 0 unspecified atom stereocenters. The van der Waals surface area contributed by atoms with Crippen LogP contribution in [0.3, 0.4) is 0 Å². The smallest absolute Gasteiger partial charge is 0.326 e. The van der Waals surface area contributed by atoms with E-state index in [1.807, 2.05) is 13.0 Å². The molecule has 3 aromatic heterocycles. The normalized spacial score (nSPS) is 12.7. The molecule has 160 valence electrons. The van der Waals surface area contributed by atoms with Crippen LogP contribution in [-0.4, -0.2) is 54.4 Å². The molecule has 0 saturated heterocycles. The average molecular weight is 443 g/mol. The molecular formula is C19H19ClN8O3. The molecule has 0 amide bonds. The fourth-order valence-electron chi connectivity index (χ4n) is 2.84. The summed E-state index contributed by atoms with van der Waals surface area (Å²) in [5.41, 5.74) is 1.13. The lowest BCUT2D eigenvalue weighted by Crippen LogP contribution is -2.24. The van der Waals surface area contributed by atoms with Crippen LogP contribution in [0.4, 0.5) is 11.6 Å². The van der Waals surface area contributed by atoms with Gasteiger partial charge in [0, 0.05) is 22.5 Å². The minimum atomic E-state index is -0.523. The second-order valence-corrected chi connectivity index (χ2v) is 6.82. The van der Waals surface area contributed by atoms with Gasteiger partial charge in [0.2, 0.25) is 11.8 Å². The number of imidazole rings is 1. The number of anilines is 2. The number of fused-ring (bicyclic) bond motifs is 1. The molecule has 4 N–H and O–H groups in total. The van der Waals surface area contributed by atoms with Gasteiger partial charge in [0.1, 0.15) is 5.69 Å². The SMILES string of the molecule is CCOCCN=c1nc(Nc2cccc(Cl)c2)nc2c(=Cc3[nH]c(=O)[nH]c3O)cnn12. The van der Waals surface area contributed by atoms with Crippen LogP contribution < -0.4 is 21.8 Å². The molecule has 0 spiro atoms. The minimum Gasteiger partial charge on any atom is -0.493 e. The number of hydrogen-bond donors (Lipinski definition) is 4. The molecule has 11 nitrogen and oxygen atoms in total. The molecule has 0 aliphatic heterocycles. The number of aromatic amines is 2. The molecule has 0 saturated carbocycles. The van der Waals surface area contributed by atoms with Gasteiger partial charge < -0.3 is 20.1 Å². The summed E-state index contributed by atoms with van der Waals surface area (Å²) in [5, 5.41) is 18.4. The van der Waals surface area contributed by atoms with Gasteiger partial charge in [-0.3, -0.25) is 4.98 Å². The van der Waals surface area contributed by atoms with Crippen molar-refractivity contribution in [3.05, 3.63) is 62.5 Å². The van der Waals surface area contributed by atoms with Crippen molar-refractivity contribution in [2.24, 2.45) is 4.99 Å². The zero-order valence-corrected chi connectivity index (χ0v) is 17.2. The molecule has 0 atom stereocenters. The number of benzene rings is 1. The largest absolute Gasteiger partial charge is 0.493 e. The Morgan fingerprint density at radius 3 is 2.97 bits per heavy atom. The summed E-state index contributed by atoms with van der Waals surface area (Å²) >= 11 is 6.06. The van der Waals surface area contributed by atoms with Gasteiger partial charge in [0.15, 0.2) is 5.65 Å². The van der Waals surface area contributed by atoms with Crippen molar-refractivity contribution in [1.29, 1.82) is 0 Å². The fraction of sp³-hybridized carbons (Fsp3) is 0.211. The molecule has 31 heavy (non-hydrogen) atoms. The first-order valence-corrected chi connectivity index (χ1v) is 9.81. The Kier molecular flexibility index (Phi) is 5.96. The van der Waals surface area contributed by atoms with Crippen molar-refractivity contribution in [3.8, 4) is 5.88 Å². The molecule has 4 rings (SSSR count). The van der Waals surface area contributed by atoms with Crippen LogP contribution in [0.25, 0.3) is 11.7 Å². The van der Waals surface area contributed by atoms with Gasteiger partial charge in [-0.15, -0.1) is 0 Å². The van der Waals surface area contributed by atoms with Crippen LogP contribution in [0.1, 0.15) is 12.6 Å². The van der Waals surface area contributed by atoms with Gasteiger partial charge in [0.05, 0.1) is 19.3 Å². The number of nitrogens with one attached hydrogen (secondary N) is 3. The molecule has 4 aromatic rings. The second kappa shape index (κ2) is 8.98. The summed E-state index contributed by atoms with van der Waals surface area (Å²) in [7, 11) is 0. The summed E-state index contributed by atoms with van der Waals surface area (Å²) in [6.45, 7) is 3.33. The summed E-state index contributed by atoms with van der Waals surface area (Å²) < 4.78 is 6.81. The van der Waals surface area contributed by atoms with E-state index in [0.717, 1.165) is 0 Å². The summed E-state index contributed by atoms with van der Waals surface area (Å²) in [6.07, 6.45) is 3.09. The third kappa shape index (κ3) is 4.73. The molecule has 0 fully saturated rings. The lowest BCUT2D eigenvalue weighted by Gasteiger charge is -2.05. The van der Waals surface area contributed by atoms with Gasteiger partial charge in [-0.25, -0.2) is 9.79 Å². The van der Waals surface area contributed by atoms with Crippen LogP contribution in [-0.2, 0) is 4.74 Å². The third-order valence-corrected chi connectivity index (χ3v) is 4.42. The molecular weight excluding hydrogens is 424 g/mol. The maximum absolute atomic E-state index is 11.4. The number of ether oxygens (including phenoxy) is 1. The Bertz CT molecular complexity index is 1390. The van der Waals surface area contributed by atoms with E-state index in [2.05, 4.69) is 35.3 Å². The van der Waals surface area contributed by atoms with E-state index < -0.39 is 5.69 Å². The number of rotatable bonds is 7. The summed E-state index contributed by atoms with van der Waals surface area (Å²) in [5.74, 6) is 0.00386. The van der Waals surface area contributed by atoms with Gasteiger partial charge in [-0.2, -0.15) is 19.6 Å². The highest BCUT2D eigenvalue weighted by molar-refractivity contribution is 6.30. The molecule has 3 heterocycles. The maximum Gasteiger partial charge on any atom is 0.326 e. The Hall–Kier alpha value is -3.70. The topological polar surface area (TPSA) is 146 Å². The van der Waals surface area contributed by atoms with Crippen molar-refractivity contribution in [2.45, 2.75) is 6.92 Å². The minimum absolute atomic E-state index is 0.206. The monoisotopic (exact) mass is 442 g/mol. The zero-order valence-electron chi connectivity index (χ0n) is 16.5. The van der Waals surface area contributed by atoms with E-state index >= 15 is 0 Å². The number of aromatic hydroxyl groups is 1. The van der Waals surface area contributed by atoms with Crippen molar-refractivity contribution >= 4 is 35.0 Å². The Morgan fingerprint density at radius 2 is 2.23 bits per heavy atom. The molecule has 0 radical (unpaired) electrons. The number of nitrogens with zero attached hydrogens (tertiary/aromatic N) is 5. The van der Waals surface area contributed by atoms with E-state index in [1.54, 1.807) is 30.5 Å². The van der Waals surface area contributed by atoms with Crippen LogP contribution in [0.5, 0.6) is 5.88 Å². The van der Waals surface area contributed by atoms with Crippen LogP contribution in [0, 0.1) is 0 Å². The molecule has 1 aromatic carbocycles. The number of hydrogen-bond acceptors (Lipinski definition) is 8. The number of H-pyrrole nitrogens is 2. The lowest BCUT2D eigenvalue weighted by atomic mass is 10.3. The highest BCUT2D eigenvalue weighted by atomic mass is 35.5. The predicted molar refractivity (Wildman–Crippen MR) is 114 cm³/mol. The van der Waals surface area contributed by atoms with Gasteiger partial charge in [-0.05, 0) is 31.2 Å². The molecule has 0 aliphatic rings. The summed E-state index contributed by atoms with van der Waals surface area (Å²) in [4.78, 5) is 29.6. The van der Waals surface area contributed by atoms with E-state index in [0.29, 0.717) is 47.0 Å². The molecule has 0 bridgehead atoms. The molecule has 12 heteroatoms. The van der Waals surface area contributed by atoms with Crippen molar-refractivity contribution in [1.82, 2.24) is 29.5 Å². The highest BCUT2D eigenvalue weighted by Crippen LogP contribution is 2.17. The van der Waals surface area contributed by atoms with E-state index in [4.69, 9.17) is 16.3 Å². The summed E-state index contributed by atoms with van der Waals surface area (Å²) in [6, 6.07) is 7.14. The first kappa shape index (κ1) is 20.6.